The number of aromatic nitrogens is 2. The van der Waals surface area contributed by atoms with Crippen molar-refractivity contribution in [1.82, 2.24) is 14.3 Å². The van der Waals surface area contributed by atoms with E-state index in [-0.39, 0.29) is 11.4 Å². The number of hydrogen-bond acceptors (Lipinski definition) is 4. The van der Waals surface area contributed by atoms with Crippen LogP contribution in [0.2, 0.25) is 0 Å². The topological polar surface area (TPSA) is 61.4 Å². The summed E-state index contributed by atoms with van der Waals surface area (Å²) < 4.78 is 15.3. The number of aryl methyl sites for hydroxylation is 1. The maximum Gasteiger partial charge on any atom is 0.258 e. The highest BCUT2D eigenvalue weighted by Gasteiger charge is 2.12. The Labute approximate surface area is 179 Å². The van der Waals surface area contributed by atoms with Gasteiger partial charge in [0.2, 0.25) is 0 Å². The van der Waals surface area contributed by atoms with Gasteiger partial charge in [-0.1, -0.05) is 30.3 Å². The monoisotopic (exact) mass is 412 g/mol. The van der Waals surface area contributed by atoms with Gasteiger partial charge in [0.25, 0.3) is 5.56 Å². The summed E-state index contributed by atoms with van der Waals surface area (Å²) in [6.07, 6.45) is 1.71. The van der Waals surface area contributed by atoms with Crippen molar-refractivity contribution >= 4 is 5.65 Å². The van der Waals surface area contributed by atoms with Crippen LogP contribution in [-0.2, 0) is 19.6 Å². The number of rotatable bonds is 6. The van der Waals surface area contributed by atoms with Crippen molar-refractivity contribution in [3.05, 3.63) is 117 Å². The zero-order valence-electron chi connectivity index (χ0n) is 17.1. The minimum absolute atomic E-state index is 0.132. The van der Waals surface area contributed by atoms with Gasteiger partial charge < -0.3 is 0 Å². The average molecular weight is 412 g/mol. The molecule has 0 aliphatic heterocycles. The molecule has 0 saturated heterocycles. The molecule has 0 aliphatic rings. The Morgan fingerprint density at radius 3 is 2.52 bits per heavy atom. The third-order valence-corrected chi connectivity index (χ3v) is 5.11. The summed E-state index contributed by atoms with van der Waals surface area (Å²) in [5.74, 6) is -0.284. The Morgan fingerprint density at radius 1 is 1.00 bits per heavy atom. The van der Waals surface area contributed by atoms with E-state index in [1.165, 1.54) is 16.5 Å². The highest BCUT2D eigenvalue weighted by Crippen LogP contribution is 2.15. The zero-order valence-corrected chi connectivity index (χ0v) is 17.1. The number of fused-ring (bicyclic) bond motifs is 1. The van der Waals surface area contributed by atoms with Gasteiger partial charge in [0.15, 0.2) is 0 Å². The van der Waals surface area contributed by atoms with Crippen molar-refractivity contribution in [1.29, 1.82) is 5.26 Å². The largest absolute Gasteiger partial charge is 0.289 e. The van der Waals surface area contributed by atoms with Crippen LogP contribution in [0.1, 0.15) is 27.9 Å². The van der Waals surface area contributed by atoms with Crippen LogP contribution >= 0.6 is 0 Å². The molecule has 0 N–H and O–H groups in total. The van der Waals surface area contributed by atoms with Gasteiger partial charge >= 0.3 is 0 Å². The fraction of sp³-hybridized carbons (Fsp3) is 0.160. The third-order valence-electron chi connectivity index (χ3n) is 5.11. The van der Waals surface area contributed by atoms with E-state index in [9.17, 15) is 9.18 Å². The molecule has 0 amide bonds. The summed E-state index contributed by atoms with van der Waals surface area (Å²) in [6, 6.07) is 21.3. The van der Waals surface area contributed by atoms with Gasteiger partial charge in [0.1, 0.15) is 11.5 Å². The lowest BCUT2D eigenvalue weighted by Gasteiger charge is -2.22. The van der Waals surface area contributed by atoms with Crippen LogP contribution in [0, 0.1) is 24.1 Å². The molecule has 0 spiro atoms. The molecule has 0 atom stereocenters. The Bertz CT molecular complexity index is 1320. The molecule has 2 aromatic heterocycles. The van der Waals surface area contributed by atoms with E-state index in [1.54, 1.807) is 30.5 Å². The number of benzene rings is 2. The van der Waals surface area contributed by atoms with Gasteiger partial charge in [-0.2, -0.15) is 5.26 Å². The Kier molecular flexibility index (Phi) is 5.87. The quantitative estimate of drug-likeness (QED) is 0.476. The number of pyridine rings is 1. The lowest BCUT2D eigenvalue weighted by Crippen LogP contribution is -2.25. The predicted molar refractivity (Wildman–Crippen MR) is 117 cm³/mol. The fourth-order valence-corrected chi connectivity index (χ4v) is 3.62. The molecule has 0 aliphatic carbocycles. The van der Waals surface area contributed by atoms with Crippen LogP contribution in [0.3, 0.4) is 0 Å². The van der Waals surface area contributed by atoms with E-state index < -0.39 is 0 Å². The van der Waals surface area contributed by atoms with Gasteiger partial charge in [-0.25, -0.2) is 9.37 Å². The van der Waals surface area contributed by atoms with E-state index in [0.717, 1.165) is 16.7 Å². The first-order valence-corrected chi connectivity index (χ1v) is 9.95. The molecule has 2 aromatic carbocycles. The van der Waals surface area contributed by atoms with Crippen LogP contribution in [0.15, 0.2) is 77.7 Å². The second kappa shape index (κ2) is 8.90. The van der Waals surface area contributed by atoms with Gasteiger partial charge in [0, 0.05) is 31.9 Å². The lowest BCUT2D eigenvalue weighted by molar-refractivity contribution is 0.244. The molecule has 0 unspecified atom stereocenters. The predicted octanol–water partition coefficient (Wildman–Crippen LogP) is 4.22. The first-order chi connectivity index (χ1) is 15.0. The first kappa shape index (κ1) is 20.5. The van der Waals surface area contributed by atoms with Crippen molar-refractivity contribution in [2.75, 3.05) is 0 Å². The minimum Gasteiger partial charge on any atom is -0.289 e. The molecule has 154 valence electrons. The smallest absolute Gasteiger partial charge is 0.258 e. The van der Waals surface area contributed by atoms with E-state index in [2.05, 4.69) is 11.0 Å². The normalized spacial score (nSPS) is 11.0. The van der Waals surface area contributed by atoms with Crippen molar-refractivity contribution in [3.8, 4) is 6.07 Å². The first-order valence-electron chi connectivity index (χ1n) is 9.95. The number of nitriles is 1. The molecule has 2 heterocycles. The van der Waals surface area contributed by atoms with E-state index in [4.69, 9.17) is 10.2 Å². The average Bonchev–Trinajstić information content (AvgIpc) is 2.75. The van der Waals surface area contributed by atoms with Crippen LogP contribution in [0.25, 0.3) is 5.65 Å². The molecular formula is C25H21FN4O. The van der Waals surface area contributed by atoms with Gasteiger partial charge in [-0.05, 0) is 53.9 Å². The molecule has 0 saturated carbocycles. The fourth-order valence-electron chi connectivity index (χ4n) is 3.62. The zero-order chi connectivity index (χ0) is 21.8. The molecule has 4 rings (SSSR count). The summed E-state index contributed by atoms with van der Waals surface area (Å²) in [5.41, 5.74) is 4.53. The van der Waals surface area contributed by atoms with Gasteiger partial charge in [0.05, 0.1) is 17.3 Å². The molecule has 0 fully saturated rings. The van der Waals surface area contributed by atoms with Crippen molar-refractivity contribution < 1.29 is 4.39 Å². The summed E-state index contributed by atoms with van der Waals surface area (Å²) >= 11 is 0. The van der Waals surface area contributed by atoms with E-state index in [0.29, 0.717) is 36.5 Å². The highest BCUT2D eigenvalue weighted by atomic mass is 19.1. The van der Waals surface area contributed by atoms with Crippen molar-refractivity contribution in [2.24, 2.45) is 0 Å². The molecule has 6 heteroatoms. The number of halogens is 1. The second-order valence-corrected chi connectivity index (χ2v) is 7.55. The van der Waals surface area contributed by atoms with Gasteiger partial charge in [-0.3, -0.25) is 14.1 Å². The standard InChI is InChI=1S/C25H21FN4O/c1-18-4-3-11-30-24(31)13-23(28-25(18)30)17-29(16-21-5-2-6-22(26)12-21)15-20-9-7-19(14-27)8-10-20/h2-13H,15-17H2,1H3. The van der Waals surface area contributed by atoms with Crippen LogP contribution in [0.4, 0.5) is 4.39 Å². The summed E-state index contributed by atoms with van der Waals surface area (Å²) in [5, 5.41) is 9.03. The van der Waals surface area contributed by atoms with Crippen molar-refractivity contribution in [3.63, 3.8) is 0 Å². The second-order valence-electron chi connectivity index (χ2n) is 7.55. The third kappa shape index (κ3) is 4.85. The molecule has 0 bridgehead atoms. The maximum atomic E-state index is 13.7. The molecule has 0 radical (unpaired) electrons. The summed E-state index contributed by atoms with van der Waals surface area (Å²) in [6.45, 7) is 3.41. The SMILES string of the molecule is Cc1cccn2c(=O)cc(CN(Cc3ccc(C#N)cc3)Cc3cccc(F)c3)nc12. The highest BCUT2D eigenvalue weighted by molar-refractivity contribution is 5.46. The van der Waals surface area contributed by atoms with E-state index in [1.807, 2.05) is 37.3 Å². The maximum absolute atomic E-state index is 13.7. The molecule has 5 nitrogen and oxygen atoms in total. The molecule has 31 heavy (non-hydrogen) atoms. The van der Waals surface area contributed by atoms with Crippen LogP contribution < -0.4 is 5.56 Å². The van der Waals surface area contributed by atoms with E-state index >= 15 is 0 Å². The van der Waals surface area contributed by atoms with Crippen molar-refractivity contribution in [2.45, 2.75) is 26.6 Å². The van der Waals surface area contributed by atoms with Gasteiger partial charge in [-0.15, -0.1) is 0 Å². The Balaban J connectivity index is 1.66. The summed E-state index contributed by atoms with van der Waals surface area (Å²) in [4.78, 5) is 19.4. The number of hydrogen-bond donors (Lipinski definition) is 0. The van der Waals surface area contributed by atoms with Crippen LogP contribution in [-0.4, -0.2) is 14.3 Å². The lowest BCUT2D eigenvalue weighted by atomic mass is 10.1. The Morgan fingerprint density at radius 2 is 1.77 bits per heavy atom. The Hall–Kier alpha value is -3.82. The minimum atomic E-state index is -0.284. The molecule has 4 aromatic rings. The number of nitrogens with zero attached hydrogens (tertiary/aromatic N) is 4. The summed E-state index contributed by atoms with van der Waals surface area (Å²) in [7, 11) is 0. The molecular weight excluding hydrogens is 391 g/mol. The van der Waals surface area contributed by atoms with Crippen LogP contribution in [0.5, 0.6) is 0 Å².